The number of carbonyl (C=O) groups is 2. The van der Waals surface area contributed by atoms with E-state index in [2.05, 4.69) is 43.2 Å². The average Bonchev–Trinajstić information content (AvgIpc) is 2.86. The van der Waals surface area contributed by atoms with Crippen LogP contribution in [0.3, 0.4) is 0 Å². The lowest BCUT2D eigenvalue weighted by Gasteiger charge is -2.09. The lowest BCUT2D eigenvalue weighted by molar-refractivity contribution is -0.115. The van der Waals surface area contributed by atoms with E-state index in [0.29, 0.717) is 23.8 Å². The van der Waals surface area contributed by atoms with Crippen LogP contribution in [-0.4, -0.2) is 28.6 Å². The summed E-state index contributed by atoms with van der Waals surface area (Å²) in [5.41, 5.74) is 3.60. The van der Waals surface area contributed by atoms with Crippen LogP contribution < -0.4 is 14.8 Å². The molecule has 7 heteroatoms. The van der Waals surface area contributed by atoms with Gasteiger partial charge in [0.2, 0.25) is 11.8 Å². The molecule has 0 spiro atoms. The summed E-state index contributed by atoms with van der Waals surface area (Å²) in [6.45, 7) is 6.84. The van der Waals surface area contributed by atoms with Gasteiger partial charge in [-0.05, 0) is 81.7 Å². The first-order chi connectivity index (χ1) is 17.8. The van der Waals surface area contributed by atoms with E-state index in [0.717, 1.165) is 18.6 Å². The van der Waals surface area contributed by atoms with E-state index in [1.54, 1.807) is 36.5 Å². The van der Waals surface area contributed by atoms with E-state index in [1.165, 1.54) is 17.2 Å². The number of nitrogens with zero attached hydrogens (tertiary/aromatic N) is 1. The van der Waals surface area contributed by atoms with Crippen molar-refractivity contribution in [1.29, 1.82) is 0 Å². The highest BCUT2D eigenvalue weighted by Gasteiger charge is 2.12. The Morgan fingerprint density at radius 3 is 2.35 bits per heavy atom. The Morgan fingerprint density at radius 1 is 0.946 bits per heavy atom. The molecule has 1 amide bonds. The fourth-order valence-corrected chi connectivity index (χ4v) is 3.43. The van der Waals surface area contributed by atoms with Gasteiger partial charge in [0.15, 0.2) is 0 Å². The lowest BCUT2D eigenvalue weighted by atomic mass is 10.1. The van der Waals surface area contributed by atoms with Crippen LogP contribution >= 0.6 is 0 Å². The number of ether oxygens (including phenoxy) is 2. The standard InChI is InChI=1S/C30H32N2O5/c1-21(2)7-6-8-22(3)17-18-36-24-12-14-25(15-13-24)37-29-16-11-23(20-31-29)19-28(33)32-27-10-5-4-9-26(27)30(34)35/h4-5,7,9-17,20H,6,8,18-19H2,1-3H3,(H,32,33)(H,34,35)/b22-17+. The van der Waals surface area contributed by atoms with Crippen LogP contribution in [-0.2, 0) is 11.2 Å². The van der Waals surface area contributed by atoms with Crippen molar-refractivity contribution in [2.24, 2.45) is 0 Å². The number of carboxylic acids is 1. The number of nitrogens with one attached hydrogen (secondary N) is 1. The van der Waals surface area contributed by atoms with E-state index >= 15 is 0 Å². The molecule has 2 N–H and O–H groups in total. The van der Waals surface area contributed by atoms with Gasteiger partial charge in [0, 0.05) is 12.3 Å². The van der Waals surface area contributed by atoms with E-state index in [9.17, 15) is 14.7 Å². The summed E-state index contributed by atoms with van der Waals surface area (Å²) < 4.78 is 11.6. The third kappa shape index (κ3) is 9.29. The summed E-state index contributed by atoms with van der Waals surface area (Å²) >= 11 is 0. The number of para-hydroxylation sites is 1. The summed E-state index contributed by atoms with van der Waals surface area (Å²) in [6.07, 6.45) is 8.01. The van der Waals surface area contributed by atoms with Gasteiger partial charge in [-0.3, -0.25) is 4.79 Å². The Labute approximate surface area is 217 Å². The van der Waals surface area contributed by atoms with Crippen LogP contribution in [0, 0.1) is 0 Å². The monoisotopic (exact) mass is 500 g/mol. The Hall–Kier alpha value is -4.39. The molecule has 0 aliphatic carbocycles. The van der Waals surface area contributed by atoms with Crippen LogP contribution in [0.1, 0.15) is 49.5 Å². The van der Waals surface area contributed by atoms with Crippen LogP contribution in [0.15, 0.2) is 90.2 Å². The Bertz CT molecular complexity index is 1260. The normalized spacial score (nSPS) is 10.9. The zero-order chi connectivity index (χ0) is 26.6. The number of rotatable bonds is 12. The quantitative estimate of drug-likeness (QED) is 0.265. The first-order valence-electron chi connectivity index (χ1n) is 12.1. The molecule has 3 rings (SSSR count). The topological polar surface area (TPSA) is 97.8 Å². The number of hydrogen-bond donors (Lipinski definition) is 2. The maximum Gasteiger partial charge on any atom is 0.337 e. The maximum atomic E-state index is 12.4. The van der Waals surface area contributed by atoms with Gasteiger partial charge in [0.05, 0.1) is 17.7 Å². The smallest absolute Gasteiger partial charge is 0.337 e. The number of aromatic carboxylic acids is 1. The summed E-state index contributed by atoms with van der Waals surface area (Å²) in [5.74, 6) is 0.321. The Balaban J connectivity index is 1.47. The third-order valence-electron chi connectivity index (χ3n) is 5.41. The maximum absolute atomic E-state index is 12.4. The zero-order valence-electron chi connectivity index (χ0n) is 21.4. The van der Waals surface area contributed by atoms with Crippen LogP contribution in [0.25, 0.3) is 0 Å². The van der Waals surface area contributed by atoms with Gasteiger partial charge in [0.25, 0.3) is 0 Å². The van der Waals surface area contributed by atoms with E-state index < -0.39 is 5.97 Å². The van der Waals surface area contributed by atoms with Crippen molar-refractivity contribution in [2.45, 2.75) is 40.0 Å². The van der Waals surface area contributed by atoms with Crippen LogP contribution in [0.2, 0.25) is 0 Å². The van der Waals surface area contributed by atoms with E-state index in [-0.39, 0.29) is 23.6 Å². The second-order valence-electron chi connectivity index (χ2n) is 8.84. The van der Waals surface area contributed by atoms with Crippen molar-refractivity contribution in [3.63, 3.8) is 0 Å². The second kappa shape index (κ2) is 13.6. The molecule has 3 aromatic rings. The van der Waals surface area contributed by atoms with Crippen molar-refractivity contribution in [3.8, 4) is 17.4 Å². The van der Waals surface area contributed by atoms with Gasteiger partial charge in [-0.1, -0.05) is 35.4 Å². The van der Waals surface area contributed by atoms with Crippen molar-refractivity contribution < 1.29 is 24.2 Å². The van der Waals surface area contributed by atoms with Crippen molar-refractivity contribution >= 4 is 17.6 Å². The van der Waals surface area contributed by atoms with E-state index in [1.807, 2.05) is 24.3 Å². The highest BCUT2D eigenvalue weighted by Crippen LogP contribution is 2.23. The molecular formula is C30H32N2O5. The largest absolute Gasteiger partial charge is 0.490 e. The minimum absolute atomic E-state index is 0.0378. The molecule has 37 heavy (non-hydrogen) atoms. The summed E-state index contributed by atoms with van der Waals surface area (Å²) in [4.78, 5) is 27.9. The van der Waals surface area contributed by atoms with Gasteiger partial charge in [-0.25, -0.2) is 9.78 Å². The molecular weight excluding hydrogens is 468 g/mol. The number of carboxylic acid groups (broad SMARTS) is 1. The number of amides is 1. The summed E-state index contributed by atoms with van der Waals surface area (Å²) in [7, 11) is 0. The number of hydrogen-bond acceptors (Lipinski definition) is 5. The van der Waals surface area contributed by atoms with Gasteiger partial charge in [-0.2, -0.15) is 0 Å². The number of carbonyl (C=O) groups excluding carboxylic acids is 1. The SMILES string of the molecule is CC(C)=CCC/C(C)=C/COc1ccc(Oc2ccc(CC(=O)Nc3ccccc3C(=O)O)cn2)cc1. The fraction of sp³-hybridized carbons (Fsp3) is 0.233. The fourth-order valence-electron chi connectivity index (χ4n) is 3.43. The molecule has 192 valence electrons. The predicted molar refractivity (Wildman–Crippen MR) is 144 cm³/mol. The first kappa shape index (κ1) is 27.2. The molecule has 0 fully saturated rings. The zero-order valence-corrected chi connectivity index (χ0v) is 21.4. The van der Waals surface area contributed by atoms with Gasteiger partial charge in [-0.15, -0.1) is 0 Å². The Kier molecular flexibility index (Phi) is 10.0. The summed E-state index contributed by atoms with van der Waals surface area (Å²) in [5, 5.41) is 11.9. The highest BCUT2D eigenvalue weighted by atomic mass is 16.5. The van der Waals surface area contributed by atoms with Crippen molar-refractivity contribution in [3.05, 3.63) is 101 Å². The molecule has 0 radical (unpaired) electrons. The molecule has 0 saturated carbocycles. The number of aromatic nitrogens is 1. The molecule has 0 atom stereocenters. The molecule has 0 aliphatic rings. The average molecular weight is 501 g/mol. The molecule has 1 heterocycles. The second-order valence-corrected chi connectivity index (χ2v) is 8.84. The first-order valence-corrected chi connectivity index (χ1v) is 12.1. The minimum atomic E-state index is -1.10. The van der Waals surface area contributed by atoms with Crippen LogP contribution in [0.5, 0.6) is 17.4 Å². The van der Waals surface area contributed by atoms with Crippen LogP contribution in [0.4, 0.5) is 5.69 Å². The molecule has 2 aromatic carbocycles. The van der Waals surface area contributed by atoms with Crippen molar-refractivity contribution in [1.82, 2.24) is 4.98 Å². The molecule has 0 saturated heterocycles. The van der Waals surface area contributed by atoms with Gasteiger partial charge < -0.3 is 19.9 Å². The van der Waals surface area contributed by atoms with Crippen molar-refractivity contribution in [2.75, 3.05) is 11.9 Å². The van der Waals surface area contributed by atoms with Gasteiger partial charge >= 0.3 is 5.97 Å². The number of allylic oxidation sites excluding steroid dienone is 3. The Morgan fingerprint density at radius 2 is 1.68 bits per heavy atom. The highest BCUT2D eigenvalue weighted by molar-refractivity contribution is 6.00. The number of benzene rings is 2. The number of pyridine rings is 1. The lowest BCUT2D eigenvalue weighted by Crippen LogP contribution is -2.16. The molecule has 7 nitrogen and oxygen atoms in total. The minimum Gasteiger partial charge on any atom is -0.490 e. The molecule has 0 aliphatic heterocycles. The number of anilines is 1. The summed E-state index contributed by atoms with van der Waals surface area (Å²) in [6, 6.07) is 17.0. The third-order valence-corrected chi connectivity index (χ3v) is 5.41. The van der Waals surface area contributed by atoms with Gasteiger partial charge in [0.1, 0.15) is 18.1 Å². The van der Waals surface area contributed by atoms with E-state index in [4.69, 9.17) is 9.47 Å². The molecule has 0 bridgehead atoms. The molecule has 1 aromatic heterocycles. The molecule has 0 unspecified atom stereocenters. The predicted octanol–water partition coefficient (Wildman–Crippen LogP) is 6.82.